The lowest BCUT2D eigenvalue weighted by Crippen LogP contribution is -2.14. The highest BCUT2D eigenvalue weighted by Gasteiger charge is 2.11. The molecule has 3 nitrogen and oxygen atoms in total. The third-order valence-corrected chi connectivity index (χ3v) is 4.71. The molecule has 0 amide bonds. The molecule has 0 radical (unpaired) electrons. The van der Waals surface area contributed by atoms with Gasteiger partial charge in [0.05, 0.1) is 0 Å². The fraction of sp³-hybridized carbons (Fsp3) is 0. The minimum Gasteiger partial charge on any atom is -0.409 e. The van der Waals surface area contributed by atoms with Gasteiger partial charge >= 0.3 is 0 Å². The summed E-state index contributed by atoms with van der Waals surface area (Å²) in [6.45, 7) is 0. The van der Waals surface area contributed by atoms with Gasteiger partial charge in [0.1, 0.15) is 0 Å². The highest BCUT2D eigenvalue weighted by atomic mass is 79.9. The Hall–Kier alpha value is -1.17. The number of benzene rings is 2. The van der Waals surface area contributed by atoms with Gasteiger partial charge < -0.3 is 10.9 Å². The Morgan fingerprint density at radius 2 is 1.95 bits per heavy atom. The van der Waals surface area contributed by atoms with Gasteiger partial charge in [-0.2, -0.15) is 0 Å². The summed E-state index contributed by atoms with van der Waals surface area (Å²) in [5.74, 6) is 0.0613. The van der Waals surface area contributed by atoms with Gasteiger partial charge in [0.15, 0.2) is 5.84 Å². The lowest BCUT2D eigenvalue weighted by molar-refractivity contribution is 0.318. The number of amidine groups is 1. The molecule has 19 heavy (non-hydrogen) atoms. The average Bonchev–Trinajstić information content (AvgIpc) is 2.41. The zero-order valence-electron chi connectivity index (χ0n) is 9.68. The van der Waals surface area contributed by atoms with Crippen molar-refractivity contribution in [1.82, 2.24) is 0 Å². The van der Waals surface area contributed by atoms with Gasteiger partial charge in [-0.1, -0.05) is 40.7 Å². The first-order chi connectivity index (χ1) is 9.11. The van der Waals surface area contributed by atoms with E-state index in [4.69, 9.17) is 22.5 Å². The zero-order valence-corrected chi connectivity index (χ0v) is 12.8. The molecule has 0 saturated carbocycles. The summed E-state index contributed by atoms with van der Waals surface area (Å²) in [6, 6.07) is 13.0. The van der Waals surface area contributed by atoms with Gasteiger partial charge in [-0.25, -0.2) is 0 Å². The second-order valence-corrected chi connectivity index (χ2v) is 6.03. The summed E-state index contributed by atoms with van der Waals surface area (Å²) in [5.41, 5.74) is 6.31. The number of rotatable bonds is 3. The molecule has 0 spiro atoms. The second kappa shape index (κ2) is 6.32. The molecule has 0 aromatic heterocycles. The van der Waals surface area contributed by atoms with Crippen LogP contribution in [0.4, 0.5) is 0 Å². The van der Waals surface area contributed by atoms with Crippen molar-refractivity contribution in [2.24, 2.45) is 10.9 Å². The molecule has 0 bridgehead atoms. The van der Waals surface area contributed by atoms with Crippen molar-refractivity contribution in [3.05, 3.63) is 57.5 Å². The molecule has 0 heterocycles. The van der Waals surface area contributed by atoms with Crippen LogP contribution in [0.5, 0.6) is 0 Å². The van der Waals surface area contributed by atoms with E-state index >= 15 is 0 Å². The minimum absolute atomic E-state index is 0.0613. The summed E-state index contributed by atoms with van der Waals surface area (Å²) in [5, 5.41) is 12.5. The van der Waals surface area contributed by atoms with Crippen molar-refractivity contribution in [1.29, 1.82) is 0 Å². The predicted molar refractivity (Wildman–Crippen MR) is 82.2 cm³/mol. The van der Waals surface area contributed by atoms with Crippen molar-refractivity contribution < 1.29 is 5.21 Å². The average molecular weight is 358 g/mol. The molecule has 3 N–H and O–H groups in total. The number of oxime groups is 1. The van der Waals surface area contributed by atoms with E-state index in [1.54, 1.807) is 18.2 Å². The molecule has 0 atom stereocenters. The lowest BCUT2D eigenvalue weighted by Gasteiger charge is -2.09. The van der Waals surface area contributed by atoms with Gasteiger partial charge in [-0.15, -0.1) is 0 Å². The Morgan fingerprint density at radius 3 is 2.63 bits per heavy atom. The van der Waals surface area contributed by atoms with E-state index in [-0.39, 0.29) is 5.84 Å². The van der Waals surface area contributed by atoms with Gasteiger partial charge in [0.2, 0.25) is 0 Å². The van der Waals surface area contributed by atoms with Crippen LogP contribution in [0.3, 0.4) is 0 Å². The van der Waals surface area contributed by atoms with E-state index in [1.807, 2.05) is 24.3 Å². The maximum Gasteiger partial charge on any atom is 0.171 e. The first-order valence-corrected chi connectivity index (χ1v) is 7.30. The molecule has 98 valence electrons. The van der Waals surface area contributed by atoms with Crippen molar-refractivity contribution >= 4 is 45.1 Å². The Kier molecular flexibility index (Phi) is 4.74. The molecule has 0 saturated heterocycles. The van der Waals surface area contributed by atoms with E-state index in [9.17, 15) is 0 Å². The molecule has 0 aliphatic heterocycles. The SMILES string of the molecule is NC(=NO)c1ccc(Cl)cc1Sc1ccccc1Br. The number of nitrogens with zero attached hydrogens (tertiary/aromatic N) is 1. The molecule has 2 rings (SSSR count). The van der Waals surface area contributed by atoms with Crippen LogP contribution in [0.15, 0.2) is 61.9 Å². The molecule has 0 fully saturated rings. The van der Waals surface area contributed by atoms with E-state index in [0.29, 0.717) is 10.6 Å². The van der Waals surface area contributed by atoms with Crippen molar-refractivity contribution in [2.45, 2.75) is 9.79 Å². The van der Waals surface area contributed by atoms with Crippen LogP contribution < -0.4 is 5.73 Å². The van der Waals surface area contributed by atoms with Gasteiger partial charge in [0, 0.05) is 24.8 Å². The van der Waals surface area contributed by atoms with Gasteiger partial charge in [-0.3, -0.25) is 0 Å². The maximum atomic E-state index is 8.81. The maximum absolute atomic E-state index is 8.81. The first kappa shape index (κ1) is 14.2. The Labute approximate surface area is 128 Å². The molecule has 2 aromatic rings. The van der Waals surface area contributed by atoms with Crippen LogP contribution in [-0.4, -0.2) is 11.0 Å². The highest BCUT2D eigenvalue weighted by Crippen LogP contribution is 2.36. The topological polar surface area (TPSA) is 58.6 Å². The van der Waals surface area contributed by atoms with E-state index in [0.717, 1.165) is 14.3 Å². The van der Waals surface area contributed by atoms with Crippen LogP contribution >= 0.6 is 39.3 Å². The molecule has 0 unspecified atom stereocenters. The monoisotopic (exact) mass is 356 g/mol. The van der Waals surface area contributed by atoms with Crippen LogP contribution in [0.2, 0.25) is 5.02 Å². The smallest absolute Gasteiger partial charge is 0.171 e. The molecule has 0 aliphatic rings. The standard InChI is InChI=1S/C13H10BrClN2OS/c14-10-3-1-2-4-11(10)19-12-7-8(15)5-6-9(12)13(16)17-18/h1-7,18H,(H2,16,17). The lowest BCUT2D eigenvalue weighted by atomic mass is 10.2. The summed E-state index contributed by atoms with van der Waals surface area (Å²) < 4.78 is 0.977. The predicted octanol–water partition coefficient (Wildman–Crippen LogP) is 4.35. The van der Waals surface area contributed by atoms with E-state index < -0.39 is 0 Å². The van der Waals surface area contributed by atoms with Crippen molar-refractivity contribution in [2.75, 3.05) is 0 Å². The fourth-order valence-corrected chi connectivity index (χ4v) is 3.27. The zero-order chi connectivity index (χ0) is 13.8. The molecule has 6 heteroatoms. The van der Waals surface area contributed by atoms with E-state index in [2.05, 4.69) is 21.1 Å². The fourth-order valence-electron chi connectivity index (χ4n) is 1.49. The highest BCUT2D eigenvalue weighted by molar-refractivity contribution is 9.10. The third kappa shape index (κ3) is 3.43. The number of halogens is 2. The van der Waals surface area contributed by atoms with Crippen molar-refractivity contribution in [3.63, 3.8) is 0 Å². The van der Waals surface area contributed by atoms with Crippen LogP contribution in [0.1, 0.15) is 5.56 Å². The summed E-state index contributed by atoms with van der Waals surface area (Å²) in [4.78, 5) is 1.85. The Bertz CT molecular complexity index is 634. The normalized spacial score (nSPS) is 11.6. The van der Waals surface area contributed by atoms with E-state index in [1.165, 1.54) is 11.8 Å². The molecule has 2 aromatic carbocycles. The van der Waals surface area contributed by atoms with Gasteiger partial charge in [0.25, 0.3) is 0 Å². The first-order valence-electron chi connectivity index (χ1n) is 5.31. The Morgan fingerprint density at radius 1 is 1.21 bits per heavy atom. The number of hydrogen-bond donors (Lipinski definition) is 2. The van der Waals surface area contributed by atoms with Crippen molar-refractivity contribution in [3.8, 4) is 0 Å². The summed E-state index contributed by atoms with van der Waals surface area (Å²) >= 11 is 11.0. The Balaban J connectivity index is 2.44. The third-order valence-electron chi connectivity index (χ3n) is 2.38. The largest absolute Gasteiger partial charge is 0.409 e. The second-order valence-electron chi connectivity index (χ2n) is 3.66. The van der Waals surface area contributed by atoms with Crippen LogP contribution in [0.25, 0.3) is 0 Å². The minimum atomic E-state index is 0.0613. The summed E-state index contributed by atoms with van der Waals surface area (Å²) in [6.07, 6.45) is 0. The van der Waals surface area contributed by atoms with Gasteiger partial charge in [-0.05, 0) is 46.3 Å². The molecular formula is C13H10BrClN2OS. The quantitative estimate of drug-likeness (QED) is 0.371. The number of nitrogens with two attached hydrogens (primary N) is 1. The van der Waals surface area contributed by atoms with Crippen LogP contribution in [-0.2, 0) is 0 Å². The molecular weight excluding hydrogens is 348 g/mol. The number of hydrogen-bond acceptors (Lipinski definition) is 3. The van der Waals surface area contributed by atoms with Crippen LogP contribution in [0, 0.1) is 0 Å². The molecule has 0 aliphatic carbocycles. The summed E-state index contributed by atoms with van der Waals surface area (Å²) in [7, 11) is 0.